The van der Waals surface area contributed by atoms with Gasteiger partial charge in [0.05, 0.1) is 0 Å². The van der Waals surface area contributed by atoms with Crippen LogP contribution in [-0.4, -0.2) is 93.9 Å². The predicted octanol–water partition coefficient (Wildman–Crippen LogP) is 0.316. The van der Waals surface area contributed by atoms with Crippen molar-refractivity contribution in [3.05, 3.63) is 0 Å². The third kappa shape index (κ3) is 6.07. The maximum atomic E-state index is 13.1. The van der Waals surface area contributed by atoms with E-state index in [-0.39, 0.29) is 6.54 Å². The maximum Gasteiger partial charge on any atom is 0.405 e. The molecule has 1 saturated heterocycles. The smallest absolute Gasteiger partial charge is 0.314 e. The molecule has 0 aromatic rings. The van der Waals surface area contributed by atoms with Gasteiger partial charge in [-0.15, -0.1) is 0 Å². The summed E-state index contributed by atoms with van der Waals surface area (Å²) in [6.45, 7) is 4.17. The van der Waals surface area contributed by atoms with E-state index in [1.807, 2.05) is 7.05 Å². The van der Waals surface area contributed by atoms with Crippen molar-refractivity contribution in [1.29, 1.82) is 0 Å². The first-order valence-corrected chi connectivity index (χ1v) is 6.65. The highest BCUT2D eigenvalue weighted by Gasteiger charge is 2.42. The van der Waals surface area contributed by atoms with E-state index in [4.69, 9.17) is 0 Å². The van der Waals surface area contributed by atoms with E-state index < -0.39 is 12.2 Å². The zero-order chi connectivity index (χ0) is 14.5. The second-order valence-electron chi connectivity index (χ2n) is 5.35. The predicted molar refractivity (Wildman–Crippen MR) is 70.3 cm³/mol. The van der Waals surface area contributed by atoms with Gasteiger partial charge < -0.3 is 15.1 Å². The zero-order valence-electron chi connectivity index (χ0n) is 12.0. The van der Waals surface area contributed by atoms with Gasteiger partial charge in [-0.2, -0.15) is 13.2 Å². The van der Waals surface area contributed by atoms with Crippen LogP contribution >= 0.6 is 0 Å². The van der Waals surface area contributed by atoms with Crippen LogP contribution in [0, 0.1) is 0 Å². The monoisotopic (exact) mass is 282 g/mol. The molecule has 1 atom stereocenters. The Morgan fingerprint density at radius 2 is 1.47 bits per heavy atom. The van der Waals surface area contributed by atoms with Gasteiger partial charge in [-0.05, 0) is 21.1 Å². The second kappa shape index (κ2) is 7.42. The van der Waals surface area contributed by atoms with Crippen molar-refractivity contribution in [2.45, 2.75) is 12.2 Å². The Balaban J connectivity index is 2.69. The molecule has 1 aliphatic heterocycles. The van der Waals surface area contributed by atoms with Crippen molar-refractivity contribution in [2.75, 3.05) is 67.0 Å². The normalized spacial score (nSPS) is 27.8. The van der Waals surface area contributed by atoms with Crippen LogP contribution in [0.1, 0.15) is 0 Å². The van der Waals surface area contributed by atoms with Crippen LogP contribution in [0.5, 0.6) is 0 Å². The maximum absolute atomic E-state index is 13.1. The van der Waals surface area contributed by atoms with Crippen molar-refractivity contribution in [3.8, 4) is 0 Å². The molecule has 0 saturated carbocycles. The van der Waals surface area contributed by atoms with E-state index in [9.17, 15) is 13.2 Å². The summed E-state index contributed by atoms with van der Waals surface area (Å²) < 4.78 is 39.3. The average molecular weight is 282 g/mol. The van der Waals surface area contributed by atoms with E-state index in [2.05, 4.69) is 10.2 Å². The first-order valence-electron chi connectivity index (χ1n) is 6.65. The van der Waals surface area contributed by atoms with Crippen LogP contribution in [0.3, 0.4) is 0 Å². The summed E-state index contributed by atoms with van der Waals surface area (Å²) in [6, 6.07) is -1.40. The minimum Gasteiger partial charge on any atom is -0.314 e. The Hall–Kier alpha value is -0.370. The highest BCUT2D eigenvalue weighted by Crippen LogP contribution is 2.24. The van der Waals surface area contributed by atoms with Gasteiger partial charge >= 0.3 is 6.18 Å². The fraction of sp³-hybridized carbons (Fsp3) is 1.00. The number of hydrogen-bond donors (Lipinski definition) is 1. The van der Waals surface area contributed by atoms with Gasteiger partial charge in [0.1, 0.15) is 6.04 Å². The number of nitrogens with one attached hydrogen (secondary N) is 1. The summed E-state index contributed by atoms with van der Waals surface area (Å²) in [5, 5.41) is 3.25. The lowest BCUT2D eigenvalue weighted by Crippen LogP contribution is -2.53. The molecule has 1 N–H and O–H groups in total. The van der Waals surface area contributed by atoms with Crippen LogP contribution in [-0.2, 0) is 0 Å². The minimum atomic E-state index is -4.18. The van der Waals surface area contributed by atoms with Gasteiger partial charge in [-0.3, -0.25) is 4.90 Å². The van der Waals surface area contributed by atoms with E-state index in [0.29, 0.717) is 19.6 Å². The Morgan fingerprint density at radius 3 is 2.05 bits per heavy atom. The molecular formula is C12H25F3N4. The van der Waals surface area contributed by atoms with Crippen molar-refractivity contribution in [1.82, 2.24) is 20.0 Å². The first kappa shape index (κ1) is 16.7. The molecule has 7 heteroatoms. The molecule has 0 aromatic carbocycles. The quantitative estimate of drug-likeness (QED) is 0.690. The van der Waals surface area contributed by atoms with Crippen LogP contribution in [0.15, 0.2) is 0 Å². The molecule has 4 nitrogen and oxygen atoms in total. The third-order valence-corrected chi connectivity index (χ3v) is 3.57. The number of rotatable bonds is 0. The van der Waals surface area contributed by atoms with Crippen LogP contribution < -0.4 is 5.32 Å². The lowest BCUT2D eigenvalue weighted by molar-refractivity contribution is -0.184. The summed E-state index contributed by atoms with van der Waals surface area (Å²) in [4.78, 5) is 5.22. The van der Waals surface area contributed by atoms with Gasteiger partial charge in [0.25, 0.3) is 0 Å². The van der Waals surface area contributed by atoms with Gasteiger partial charge in [-0.1, -0.05) is 0 Å². The number of alkyl halides is 3. The summed E-state index contributed by atoms with van der Waals surface area (Å²) >= 11 is 0. The van der Waals surface area contributed by atoms with Gasteiger partial charge in [0, 0.05) is 45.8 Å². The molecule has 0 amide bonds. The molecule has 19 heavy (non-hydrogen) atoms. The molecule has 0 aromatic heterocycles. The average Bonchev–Trinajstić information content (AvgIpc) is 2.29. The van der Waals surface area contributed by atoms with E-state index >= 15 is 0 Å². The number of halogens is 3. The zero-order valence-corrected chi connectivity index (χ0v) is 12.0. The molecule has 0 bridgehead atoms. The topological polar surface area (TPSA) is 21.8 Å². The molecule has 114 valence electrons. The molecule has 1 fully saturated rings. The van der Waals surface area contributed by atoms with Crippen LogP contribution in [0.4, 0.5) is 13.2 Å². The largest absolute Gasteiger partial charge is 0.405 e. The lowest BCUT2D eigenvalue weighted by Gasteiger charge is -2.34. The van der Waals surface area contributed by atoms with Crippen molar-refractivity contribution in [3.63, 3.8) is 0 Å². The molecule has 0 spiro atoms. The molecule has 0 radical (unpaired) electrons. The van der Waals surface area contributed by atoms with Gasteiger partial charge in [0.2, 0.25) is 0 Å². The van der Waals surface area contributed by atoms with E-state index in [1.54, 1.807) is 19.0 Å². The van der Waals surface area contributed by atoms with E-state index in [0.717, 1.165) is 19.6 Å². The molecule has 1 unspecified atom stereocenters. The lowest BCUT2D eigenvalue weighted by atomic mass is 10.2. The SMILES string of the molecule is CN1CCNCCN(C)CC(C(F)(F)F)N(C)CC1. The third-order valence-electron chi connectivity index (χ3n) is 3.57. The summed E-state index contributed by atoms with van der Waals surface area (Å²) in [5.74, 6) is 0. The Labute approximate surface area is 113 Å². The van der Waals surface area contributed by atoms with E-state index in [1.165, 1.54) is 4.90 Å². The van der Waals surface area contributed by atoms with Crippen LogP contribution in [0.2, 0.25) is 0 Å². The Kier molecular flexibility index (Phi) is 6.52. The fourth-order valence-electron chi connectivity index (χ4n) is 2.14. The van der Waals surface area contributed by atoms with Crippen molar-refractivity contribution < 1.29 is 13.2 Å². The summed E-state index contributed by atoms with van der Waals surface area (Å²) in [7, 11) is 5.24. The number of nitrogens with zero attached hydrogens (tertiary/aromatic N) is 3. The van der Waals surface area contributed by atoms with Crippen molar-refractivity contribution in [2.24, 2.45) is 0 Å². The fourth-order valence-corrected chi connectivity index (χ4v) is 2.14. The molecule has 0 aliphatic carbocycles. The molecule has 1 heterocycles. The number of likely N-dealkylation sites (N-methyl/N-ethyl adjacent to an activating group) is 3. The highest BCUT2D eigenvalue weighted by molar-refractivity contribution is 4.81. The number of hydrogen-bond acceptors (Lipinski definition) is 4. The standard InChI is InChI=1S/C12H25F3N4/c1-17-6-4-16-5-7-18(2)10-11(12(13,14)15)19(3)9-8-17/h11,16H,4-10H2,1-3H3. The Morgan fingerprint density at radius 1 is 0.895 bits per heavy atom. The van der Waals surface area contributed by atoms with Crippen molar-refractivity contribution >= 4 is 0 Å². The Bertz CT molecular complexity index is 260. The second-order valence-corrected chi connectivity index (χ2v) is 5.35. The van der Waals surface area contributed by atoms with Gasteiger partial charge in [0.15, 0.2) is 0 Å². The molecule has 1 rings (SSSR count). The summed E-state index contributed by atoms with van der Waals surface area (Å²) in [6.07, 6.45) is -4.18. The first-order chi connectivity index (χ1) is 8.80. The molecule has 1 aliphatic rings. The van der Waals surface area contributed by atoms with Crippen LogP contribution in [0.25, 0.3) is 0 Å². The molecular weight excluding hydrogens is 257 g/mol. The highest BCUT2D eigenvalue weighted by atomic mass is 19.4. The van der Waals surface area contributed by atoms with Gasteiger partial charge in [-0.25, -0.2) is 0 Å². The summed E-state index contributed by atoms with van der Waals surface area (Å²) in [5.41, 5.74) is 0. The minimum absolute atomic E-state index is 0.0192.